The molecule has 2 aliphatic carbocycles. The molecule has 0 aromatic heterocycles. The average Bonchev–Trinajstić information content (AvgIpc) is 3.02. The van der Waals surface area contributed by atoms with E-state index in [1.807, 2.05) is 7.11 Å². The first-order chi connectivity index (χ1) is 10.4. The molecule has 1 N–H and O–H groups in total. The lowest BCUT2D eigenvalue weighted by Crippen LogP contribution is -2.50. The van der Waals surface area contributed by atoms with Crippen LogP contribution in [0.5, 0.6) is 0 Å². The summed E-state index contributed by atoms with van der Waals surface area (Å²) in [6.45, 7) is 2.31. The second-order valence-corrected chi connectivity index (χ2v) is 7.48. The van der Waals surface area contributed by atoms with E-state index in [1.54, 1.807) is 0 Å². The van der Waals surface area contributed by atoms with Crippen LogP contribution in [0.1, 0.15) is 70.6 Å². The van der Waals surface area contributed by atoms with Crippen LogP contribution in [0.4, 0.5) is 0 Å². The van der Waals surface area contributed by atoms with E-state index in [0.29, 0.717) is 12.1 Å². The average molecular weight is 294 g/mol. The lowest BCUT2D eigenvalue weighted by Gasteiger charge is -2.43. The second kappa shape index (κ2) is 7.94. The number of hydrogen-bond acceptors (Lipinski definition) is 3. The highest BCUT2D eigenvalue weighted by atomic mass is 16.5. The molecule has 1 heterocycles. The lowest BCUT2D eigenvalue weighted by atomic mass is 9.88. The van der Waals surface area contributed by atoms with Crippen molar-refractivity contribution in [2.24, 2.45) is 0 Å². The molecule has 0 amide bonds. The molecule has 3 fully saturated rings. The Morgan fingerprint density at radius 2 is 1.48 bits per heavy atom. The fourth-order valence-electron chi connectivity index (χ4n) is 4.78. The predicted octanol–water partition coefficient (Wildman–Crippen LogP) is 3.33. The van der Waals surface area contributed by atoms with Gasteiger partial charge in [0.1, 0.15) is 0 Å². The highest BCUT2D eigenvalue weighted by Crippen LogP contribution is 2.31. The van der Waals surface area contributed by atoms with Gasteiger partial charge in [0.2, 0.25) is 0 Å². The van der Waals surface area contributed by atoms with E-state index in [1.165, 1.54) is 77.2 Å². The van der Waals surface area contributed by atoms with Crippen molar-refractivity contribution < 1.29 is 4.74 Å². The van der Waals surface area contributed by atoms with Gasteiger partial charge in [0, 0.05) is 38.3 Å². The number of nitrogens with one attached hydrogen (secondary N) is 1. The summed E-state index contributed by atoms with van der Waals surface area (Å²) < 4.78 is 5.53. The highest BCUT2D eigenvalue weighted by molar-refractivity contribution is 4.90. The lowest BCUT2D eigenvalue weighted by molar-refractivity contribution is 0.0682. The molecule has 0 aromatic rings. The summed E-state index contributed by atoms with van der Waals surface area (Å²) in [5, 5.41) is 3.70. The van der Waals surface area contributed by atoms with Gasteiger partial charge in [-0.1, -0.05) is 38.5 Å². The number of ether oxygens (including phenoxy) is 1. The SMILES string of the molecule is COC1CNC(CN(C2CCCCC2)C2CCCCC2)C1. The van der Waals surface area contributed by atoms with Crippen LogP contribution >= 0.6 is 0 Å². The van der Waals surface area contributed by atoms with Gasteiger partial charge in [-0.25, -0.2) is 0 Å². The van der Waals surface area contributed by atoms with E-state index in [-0.39, 0.29) is 0 Å². The van der Waals surface area contributed by atoms with Crippen LogP contribution < -0.4 is 5.32 Å². The third kappa shape index (κ3) is 4.20. The summed E-state index contributed by atoms with van der Waals surface area (Å²) in [6.07, 6.45) is 16.1. The number of hydrogen-bond donors (Lipinski definition) is 1. The van der Waals surface area contributed by atoms with Crippen molar-refractivity contribution in [3.8, 4) is 0 Å². The summed E-state index contributed by atoms with van der Waals surface area (Å²) >= 11 is 0. The molecule has 0 bridgehead atoms. The Labute approximate surface area is 130 Å². The van der Waals surface area contributed by atoms with Crippen molar-refractivity contribution in [1.29, 1.82) is 0 Å². The van der Waals surface area contributed by atoms with Crippen LogP contribution in [0, 0.1) is 0 Å². The van der Waals surface area contributed by atoms with E-state index >= 15 is 0 Å². The van der Waals surface area contributed by atoms with E-state index in [0.717, 1.165) is 18.6 Å². The Morgan fingerprint density at radius 1 is 0.905 bits per heavy atom. The molecule has 3 heteroatoms. The Morgan fingerprint density at radius 3 is 1.95 bits per heavy atom. The van der Waals surface area contributed by atoms with Gasteiger partial charge in [0.15, 0.2) is 0 Å². The molecule has 2 unspecified atom stereocenters. The molecule has 0 aromatic carbocycles. The zero-order chi connectivity index (χ0) is 14.5. The van der Waals surface area contributed by atoms with Crippen LogP contribution in [-0.2, 0) is 4.74 Å². The summed E-state index contributed by atoms with van der Waals surface area (Å²) in [4.78, 5) is 2.92. The van der Waals surface area contributed by atoms with E-state index in [4.69, 9.17) is 4.74 Å². The summed E-state index contributed by atoms with van der Waals surface area (Å²) in [5.41, 5.74) is 0. The second-order valence-electron chi connectivity index (χ2n) is 7.48. The molecule has 0 spiro atoms. The Balaban J connectivity index is 1.60. The van der Waals surface area contributed by atoms with Gasteiger partial charge >= 0.3 is 0 Å². The zero-order valence-electron chi connectivity index (χ0n) is 13.9. The molecule has 122 valence electrons. The van der Waals surface area contributed by atoms with E-state index < -0.39 is 0 Å². The maximum atomic E-state index is 5.53. The van der Waals surface area contributed by atoms with Crippen molar-refractivity contribution in [1.82, 2.24) is 10.2 Å². The maximum absolute atomic E-state index is 5.53. The van der Waals surface area contributed by atoms with Gasteiger partial charge in [0.25, 0.3) is 0 Å². The first-order valence-electron chi connectivity index (χ1n) is 9.38. The van der Waals surface area contributed by atoms with Gasteiger partial charge < -0.3 is 10.1 Å². The monoisotopic (exact) mass is 294 g/mol. The molecular formula is C18H34N2O. The third-order valence-corrected chi connectivity index (χ3v) is 6.03. The minimum Gasteiger partial charge on any atom is -0.380 e. The van der Waals surface area contributed by atoms with Crippen LogP contribution in [0.25, 0.3) is 0 Å². The quantitative estimate of drug-likeness (QED) is 0.842. The molecule has 2 saturated carbocycles. The summed E-state index contributed by atoms with van der Waals surface area (Å²) in [5.74, 6) is 0. The maximum Gasteiger partial charge on any atom is 0.0711 e. The van der Waals surface area contributed by atoms with Gasteiger partial charge in [-0.3, -0.25) is 4.90 Å². The molecule has 1 aliphatic heterocycles. The summed E-state index contributed by atoms with van der Waals surface area (Å²) in [6, 6.07) is 2.38. The normalized spacial score (nSPS) is 32.9. The number of nitrogens with zero attached hydrogens (tertiary/aromatic N) is 1. The van der Waals surface area contributed by atoms with Gasteiger partial charge in [0.05, 0.1) is 6.10 Å². The van der Waals surface area contributed by atoms with Crippen LogP contribution in [0.15, 0.2) is 0 Å². The fourth-order valence-corrected chi connectivity index (χ4v) is 4.78. The van der Waals surface area contributed by atoms with Crippen LogP contribution in [0.3, 0.4) is 0 Å². The van der Waals surface area contributed by atoms with Crippen LogP contribution in [-0.4, -0.2) is 49.3 Å². The molecule has 3 nitrogen and oxygen atoms in total. The highest BCUT2D eigenvalue weighted by Gasteiger charge is 2.33. The molecular weight excluding hydrogens is 260 g/mol. The third-order valence-electron chi connectivity index (χ3n) is 6.03. The smallest absolute Gasteiger partial charge is 0.0711 e. The standard InChI is InChI=1S/C18H34N2O/c1-21-18-12-15(19-13-18)14-20(16-8-4-2-5-9-16)17-10-6-3-7-11-17/h15-19H,2-14H2,1H3. The molecule has 2 atom stereocenters. The molecule has 3 aliphatic rings. The van der Waals surface area contributed by atoms with Gasteiger partial charge in [-0.05, 0) is 32.1 Å². The molecule has 1 saturated heterocycles. The van der Waals surface area contributed by atoms with Crippen molar-refractivity contribution in [2.45, 2.75) is 94.9 Å². The Kier molecular flexibility index (Phi) is 5.96. The Bertz CT molecular complexity index is 280. The minimum absolute atomic E-state index is 0.439. The van der Waals surface area contributed by atoms with Crippen molar-refractivity contribution in [3.05, 3.63) is 0 Å². The topological polar surface area (TPSA) is 24.5 Å². The first-order valence-corrected chi connectivity index (χ1v) is 9.38. The van der Waals surface area contributed by atoms with Gasteiger partial charge in [-0.2, -0.15) is 0 Å². The Hall–Kier alpha value is -0.120. The van der Waals surface area contributed by atoms with Crippen molar-refractivity contribution in [2.75, 3.05) is 20.2 Å². The zero-order valence-corrected chi connectivity index (χ0v) is 13.9. The fraction of sp³-hybridized carbons (Fsp3) is 1.00. The van der Waals surface area contributed by atoms with E-state index in [9.17, 15) is 0 Å². The number of rotatable bonds is 5. The predicted molar refractivity (Wildman–Crippen MR) is 87.7 cm³/mol. The summed E-state index contributed by atoms with van der Waals surface area (Å²) in [7, 11) is 1.86. The molecule has 21 heavy (non-hydrogen) atoms. The molecule has 3 rings (SSSR count). The van der Waals surface area contributed by atoms with Crippen LogP contribution in [0.2, 0.25) is 0 Å². The minimum atomic E-state index is 0.439. The van der Waals surface area contributed by atoms with E-state index in [2.05, 4.69) is 10.2 Å². The number of methoxy groups -OCH3 is 1. The molecule has 0 radical (unpaired) electrons. The van der Waals surface area contributed by atoms with Gasteiger partial charge in [-0.15, -0.1) is 0 Å². The van der Waals surface area contributed by atoms with Crippen molar-refractivity contribution in [3.63, 3.8) is 0 Å². The first kappa shape index (κ1) is 15.8. The largest absolute Gasteiger partial charge is 0.380 e. The van der Waals surface area contributed by atoms with Crippen molar-refractivity contribution >= 4 is 0 Å².